The minimum absolute atomic E-state index is 0.0343. The van der Waals surface area contributed by atoms with Crippen LogP contribution in [-0.4, -0.2) is 52.4 Å². The summed E-state index contributed by atoms with van der Waals surface area (Å²) in [5.74, 6) is -0.297. The number of aromatic nitrogens is 1. The third-order valence-electron chi connectivity index (χ3n) is 5.00. The van der Waals surface area contributed by atoms with Gasteiger partial charge in [-0.1, -0.05) is 18.2 Å². The summed E-state index contributed by atoms with van der Waals surface area (Å²) in [6.07, 6.45) is 0. The molecule has 1 saturated heterocycles. The van der Waals surface area contributed by atoms with Gasteiger partial charge in [-0.25, -0.2) is 4.39 Å². The summed E-state index contributed by atoms with van der Waals surface area (Å²) >= 11 is 0. The zero-order chi connectivity index (χ0) is 18.8. The second kappa shape index (κ2) is 7.32. The summed E-state index contributed by atoms with van der Waals surface area (Å²) in [5, 5.41) is 0. The lowest BCUT2D eigenvalue weighted by molar-refractivity contribution is -0.130. The van der Waals surface area contributed by atoms with Crippen LogP contribution in [0.15, 0.2) is 30.3 Å². The van der Waals surface area contributed by atoms with Crippen molar-refractivity contribution in [2.75, 3.05) is 26.2 Å². The van der Waals surface area contributed by atoms with E-state index in [1.54, 1.807) is 34.9 Å². The number of benzene rings is 1. The molecule has 26 heavy (non-hydrogen) atoms. The number of aryl methyl sites for hydroxylation is 2. The first kappa shape index (κ1) is 18.2. The molecule has 0 saturated carbocycles. The van der Waals surface area contributed by atoms with E-state index in [1.165, 1.54) is 6.07 Å². The lowest BCUT2D eigenvalue weighted by Crippen LogP contribution is -2.50. The molecular weight excluding hydrogens is 333 g/mol. The van der Waals surface area contributed by atoms with Gasteiger partial charge < -0.3 is 14.4 Å². The van der Waals surface area contributed by atoms with Crippen LogP contribution >= 0.6 is 0 Å². The number of rotatable bonds is 3. The van der Waals surface area contributed by atoms with Crippen LogP contribution in [0.25, 0.3) is 0 Å². The van der Waals surface area contributed by atoms with Crippen molar-refractivity contribution in [3.8, 4) is 0 Å². The molecule has 1 fully saturated rings. The highest BCUT2D eigenvalue weighted by Gasteiger charge is 2.27. The molecule has 6 heteroatoms. The minimum atomic E-state index is -0.272. The summed E-state index contributed by atoms with van der Waals surface area (Å²) in [7, 11) is 0. The third-order valence-corrected chi connectivity index (χ3v) is 5.00. The van der Waals surface area contributed by atoms with Gasteiger partial charge in [0.15, 0.2) is 0 Å². The van der Waals surface area contributed by atoms with Crippen LogP contribution in [-0.2, 0) is 11.3 Å². The molecule has 3 rings (SSSR count). The van der Waals surface area contributed by atoms with E-state index in [1.807, 2.05) is 24.5 Å². The van der Waals surface area contributed by atoms with Gasteiger partial charge in [-0.15, -0.1) is 0 Å². The van der Waals surface area contributed by atoms with Crippen molar-refractivity contribution >= 4 is 11.8 Å². The molecule has 1 aromatic carbocycles. The maximum Gasteiger partial charge on any atom is 0.270 e. The second-order valence-electron chi connectivity index (χ2n) is 6.79. The molecule has 0 atom stereocenters. The highest BCUT2D eigenvalue weighted by molar-refractivity contribution is 5.94. The van der Waals surface area contributed by atoms with E-state index in [-0.39, 0.29) is 17.6 Å². The van der Waals surface area contributed by atoms with E-state index in [4.69, 9.17) is 0 Å². The standard InChI is InChI=1S/C20H24FN3O2/c1-14-12-15(2)24(13-17-6-4-5-7-18(17)21)19(14)20(26)23-10-8-22(9-11-23)16(3)25/h4-7,12H,8-11,13H2,1-3H3. The smallest absolute Gasteiger partial charge is 0.270 e. The molecule has 1 aromatic heterocycles. The van der Waals surface area contributed by atoms with E-state index in [9.17, 15) is 14.0 Å². The van der Waals surface area contributed by atoms with Gasteiger partial charge in [0.25, 0.3) is 5.91 Å². The summed E-state index contributed by atoms with van der Waals surface area (Å²) < 4.78 is 16.0. The molecule has 5 nitrogen and oxygen atoms in total. The fourth-order valence-electron chi connectivity index (χ4n) is 3.51. The Morgan fingerprint density at radius 1 is 1.04 bits per heavy atom. The molecule has 0 spiro atoms. The average molecular weight is 357 g/mol. The normalized spacial score (nSPS) is 14.6. The molecule has 0 bridgehead atoms. The van der Waals surface area contributed by atoms with Crippen LogP contribution in [0.5, 0.6) is 0 Å². The largest absolute Gasteiger partial charge is 0.339 e. The number of hydrogen-bond acceptors (Lipinski definition) is 2. The fraction of sp³-hybridized carbons (Fsp3) is 0.400. The van der Waals surface area contributed by atoms with Crippen LogP contribution in [0.2, 0.25) is 0 Å². The summed E-state index contributed by atoms with van der Waals surface area (Å²) in [6, 6.07) is 8.59. The molecule has 0 N–H and O–H groups in total. The summed E-state index contributed by atoms with van der Waals surface area (Å²) in [5.41, 5.74) is 2.97. The molecule has 2 aromatic rings. The molecule has 1 aliphatic heterocycles. The number of carbonyl (C=O) groups is 2. The van der Waals surface area contributed by atoms with Gasteiger partial charge >= 0.3 is 0 Å². The first-order chi connectivity index (χ1) is 12.4. The van der Waals surface area contributed by atoms with Gasteiger partial charge in [-0.2, -0.15) is 0 Å². The van der Waals surface area contributed by atoms with Crippen molar-refractivity contribution in [1.82, 2.24) is 14.4 Å². The molecule has 0 unspecified atom stereocenters. The van der Waals surface area contributed by atoms with Gasteiger partial charge in [0.2, 0.25) is 5.91 Å². The topological polar surface area (TPSA) is 45.6 Å². The zero-order valence-corrected chi connectivity index (χ0v) is 15.5. The number of amides is 2. The SMILES string of the molecule is CC(=O)N1CCN(C(=O)c2c(C)cc(C)n2Cc2ccccc2F)CC1. The van der Waals surface area contributed by atoms with Gasteiger partial charge in [0, 0.05) is 44.4 Å². The van der Waals surface area contributed by atoms with Crippen molar-refractivity contribution in [3.05, 3.63) is 58.7 Å². The Morgan fingerprint density at radius 3 is 2.27 bits per heavy atom. The molecule has 0 radical (unpaired) electrons. The zero-order valence-electron chi connectivity index (χ0n) is 15.5. The molecule has 2 heterocycles. The Bertz CT molecular complexity index is 836. The molecule has 0 aliphatic carbocycles. The maximum atomic E-state index is 14.1. The Hall–Kier alpha value is -2.63. The maximum absolute atomic E-state index is 14.1. The van der Waals surface area contributed by atoms with Crippen LogP contribution in [0.4, 0.5) is 4.39 Å². The number of piperazine rings is 1. The highest BCUT2D eigenvalue weighted by atomic mass is 19.1. The fourth-order valence-corrected chi connectivity index (χ4v) is 3.51. The predicted molar refractivity (Wildman–Crippen MR) is 97.6 cm³/mol. The lowest BCUT2D eigenvalue weighted by Gasteiger charge is -2.34. The predicted octanol–water partition coefficient (Wildman–Crippen LogP) is 2.60. The van der Waals surface area contributed by atoms with Crippen LogP contribution in [0.3, 0.4) is 0 Å². The third kappa shape index (κ3) is 3.49. The quantitative estimate of drug-likeness (QED) is 0.848. The van der Waals surface area contributed by atoms with E-state index < -0.39 is 0 Å². The van der Waals surface area contributed by atoms with Gasteiger partial charge in [-0.3, -0.25) is 9.59 Å². The van der Waals surface area contributed by atoms with Crippen molar-refractivity contribution in [1.29, 1.82) is 0 Å². The number of carbonyl (C=O) groups excluding carboxylic acids is 2. The summed E-state index contributed by atoms with van der Waals surface area (Å²) in [4.78, 5) is 28.1. The second-order valence-corrected chi connectivity index (χ2v) is 6.79. The van der Waals surface area contributed by atoms with Gasteiger partial charge in [-0.05, 0) is 31.5 Å². The minimum Gasteiger partial charge on any atom is -0.339 e. The Labute approximate surface area is 153 Å². The van der Waals surface area contributed by atoms with E-state index >= 15 is 0 Å². The Kier molecular flexibility index (Phi) is 5.11. The first-order valence-electron chi connectivity index (χ1n) is 8.83. The number of nitrogens with zero attached hydrogens (tertiary/aromatic N) is 3. The van der Waals surface area contributed by atoms with Crippen molar-refractivity contribution in [2.45, 2.75) is 27.3 Å². The van der Waals surface area contributed by atoms with Crippen LogP contribution in [0, 0.1) is 19.7 Å². The monoisotopic (exact) mass is 357 g/mol. The Morgan fingerprint density at radius 2 is 1.65 bits per heavy atom. The van der Waals surface area contributed by atoms with E-state index in [2.05, 4.69) is 0 Å². The molecule has 1 aliphatic rings. The summed E-state index contributed by atoms with van der Waals surface area (Å²) in [6.45, 7) is 7.83. The highest BCUT2D eigenvalue weighted by Crippen LogP contribution is 2.21. The van der Waals surface area contributed by atoms with Crippen LogP contribution < -0.4 is 0 Å². The van der Waals surface area contributed by atoms with E-state index in [0.29, 0.717) is 44.0 Å². The van der Waals surface area contributed by atoms with Crippen molar-refractivity contribution in [3.63, 3.8) is 0 Å². The first-order valence-corrected chi connectivity index (χ1v) is 8.83. The van der Waals surface area contributed by atoms with Gasteiger partial charge in [0.1, 0.15) is 11.5 Å². The van der Waals surface area contributed by atoms with Crippen molar-refractivity contribution < 1.29 is 14.0 Å². The van der Waals surface area contributed by atoms with Crippen molar-refractivity contribution in [2.24, 2.45) is 0 Å². The number of hydrogen-bond donors (Lipinski definition) is 0. The molecular formula is C20H24FN3O2. The lowest BCUT2D eigenvalue weighted by atomic mass is 10.2. The van der Waals surface area contributed by atoms with Crippen LogP contribution in [0.1, 0.15) is 34.2 Å². The van der Waals surface area contributed by atoms with Gasteiger partial charge in [0.05, 0.1) is 6.54 Å². The average Bonchev–Trinajstić information content (AvgIpc) is 2.90. The Balaban J connectivity index is 1.85. The van der Waals surface area contributed by atoms with E-state index in [0.717, 1.165) is 11.3 Å². The number of halogens is 1. The molecule has 138 valence electrons. The molecule has 2 amide bonds.